The van der Waals surface area contributed by atoms with Gasteiger partial charge < -0.3 is 4.74 Å². The molecule has 0 radical (unpaired) electrons. The number of halogens is 1. The minimum Gasteiger partial charge on any atom is -0.461 e. The van der Waals surface area contributed by atoms with Gasteiger partial charge in [0.1, 0.15) is 17.7 Å². The van der Waals surface area contributed by atoms with Crippen LogP contribution < -0.4 is 9.91 Å². The van der Waals surface area contributed by atoms with Gasteiger partial charge in [-0.15, -0.1) is 0 Å². The number of carbonyl (C=O) groups excluding carboxylic acids is 4. The average Bonchev–Trinajstić information content (AvgIpc) is 3.64. The van der Waals surface area contributed by atoms with Gasteiger partial charge in [-0.3, -0.25) is 19.4 Å². The minimum atomic E-state index is -1.23. The maximum Gasteiger partial charge on any atom is 0.359 e. The number of Topliss-reactive ketones (excluding diaryl/α,β-unsaturated/α-hetero) is 1. The van der Waals surface area contributed by atoms with E-state index in [4.69, 9.17) is 16.3 Å². The van der Waals surface area contributed by atoms with Crippen LogP contribution in [0.25, 0.3) is 5.69 Å². The number of imide groups is 1. The molecule has 11 heteroatoms. The summed E-state index contributed by atoms with van der Waals surface area (Å²) in [6, 6.07) is 21.4. The quantitative estimate of drug-likeness (QED) is 0.169. The molecular formula is C32H26ClN5O5. The number of ether oxygens (including phenoxy) is 1. The van der Waals surface area contributed by atoms with Gasteiger partial charge in [0.15, 0.2) is 5.69 Å². The highest BCUT2D eigenvalue weighted by atomic mass is 35.5. The number of benzene rings is 3. The van der Waals surface area contributed by atoms with E-state index in [1.165, 1.54) is 9.69 Å². The first-order valence-electron chi connectivity index (χ1n) is 13.7. The van der Waals surface area contributed by atoms with Crippen molar-refractivity contribution in [1.82, 2.24) is 9.78 Å². The van der Waals surface area contributed by atoms with E-state index < -0.39 is 35.5 Å². The van der Waals surface area contributed by atoms with Gasteiger partial charge in [0.05, 0.1) is 34.9 Å². The van der Waals surface area contributed by atoms with Crippen LogP contribution in [0, 0.1) is 19.8 Å². The number of ketones is 1. The Balaban J connectivity index is 1.50. The van der Waals surface area contributed by atoms with E-state index in [9.17, 15) is 19.2 Å². The van der Waals surface area contributed by atoms with E-state index in [2.05, 4.69) is 10.2 Å². The Bertz CT molecular complexity index is 1800. The molecule has 216 valence electrons. The van der Waals surface area contributed by atoms with Gasteiger partial charge in [-0.2, -0.15) is 10.2 Å². The van der Waals surface area contributed by atoms with Crippen LogP contribution in [-0.4, -0.2) is 51.7 Å². The monoisotopic (exact) mass is 595 g/mol. The van der Waals surface area contributed by atoms with Gasteiger partial charge in [-0.05, 0) is 69.3 Å². The third-order valence-corrected chi connectivity index (χ3v) is 7.73. The summed E-state index contributed by atoms with van der Waals surface area (Å²) in [6.45, 7) is 5.32. The van der Waals surface area contributed by atoms with Crippen LogP contribution in [0.5, 0.6) is 0 Å². The van der Waals surface area contributed by atoms with Gasteiger partial charge in [0.2, 0.25) is 11.7 Å². The number of carbonyl (C=O) groups is 4. The first-order valence-corrected chi connectivity index (χ1v) is 14.0. The second kappa shape index (κ2) is 11.0. The van der Waals surface area contributed by atoms with Gasteiger partial charge in [-0.25, -0.2) is 14.4 Å². The van der Waals surface area contributed by atoms with Crippen molar-refractivity contribution in [2.24, 2.45) is 11.0 Å². The van der Waals surface area contributed by atoms with E-state index >= 15 is 0 Å². The van der Waals surface area contributed by atoms with Crippen molar-refractivity contribution >= 4 is 52.3 Å². The lowest BCUT2D eigenvalue weighted by molar-refractivity contribution is -0.121. The number of aromatic nitrogens is 2. The molecule has 0 N–H and O–H groups in total. The Morgan fingerprint density at radius 1 is 0.860 bits per heavy atom. The van der Waals surface area contributed by atoms with E-state index in [1.54, 1.807) is 68.4 Å². The molecule has 2 atom stereocenters. The smallest absolute Gasteiger partial charge is 0.359 e. The minimum absolute atomic E-state index is 0.0482. The number of hydrogen-bond acceptors (Lipinski definition) is 8. The van der Waals surface area contributed by atoms with E-state index in [0.29, 0.717) is 27.8 Å². The molecule has 2 aliphatic heterocycles. The standard InChI is InChI=1S/C32H26ClN5O5/c1-4-43-32(42)27-24(19(3)37(35-27)22-14-10-18(2)11-15-22)29(39)26-25-28(38(34-26)23-16-12-20(33)13-17-23)31(41)36(30(25)40)21-8-6-5-7-9-21/h5-17,25,28H,4H2,1-3H3/t25-,28+/m1/s1. The number of amides is 2. The molecule has 1 aromatic heterocycles. The number of rotatable bonds is 7. The molecule has 6 rings (SSSR count). The number of hydrogen-bond donors (Lipinski definition) is 0. The molecule has 3 aromatic carbocycles. The number of anilines is 2. The Kier molecular flexibility index (Phi) is 7.15. The van der Waals surface area contributed by atoms with Crippen LogP contribution >= 0.6 is 11.6 Å². The van der Waals surface area contributed by atoms with Gasteiger partial charge >= 0.3 is 5.97 Å². The lowest BCUT2D eigenvalue weighted by Crippen LogP contribution is -2.39. The van der Waals surface area contributed by atoms with Gasteiger partial charge in [-0.1, -0.05) is 47.5 Å². The predicted octanol–water partition coefficient (Wildman–Crippen LogP) is 4.94. The lowest BCUT2D eigenvalue weighted by Gasteiger charge is -2.22. The predicted molar refractivity (Wildman–Crippen MR) is 161 cm³/mol. The summed E-state index contributed by atoms with van der Waals surface area (Å²) in [5.74, 6) is -3.83. The van der Waals surface area contributed by atoms with Crippen LogP contribution in [0.1, 0.15) is 39.0 Å². The zero-order chi connectivity index (χ0) is 30.4. The zero-order valence-corrected chi connectivity index (χ0v) is 24.3. The fourth-order valence-corrected chi connectivity index (χ4v) is 5.55. The first kappa shape index (κ1) is 28.0. The highest BCUT2D eigenvalue weighted by molar-refractivity contribution is 6.54. The summed E-state index contributed by atoms with van der Waals surface area (Å²) in [7, 11) is 0. The molecule has 0 bridgehead atoms. The van der Waals surface area contributed by atoms with Crippen LogP contribution in [0.15, 0.2) is 84.0 Å². The Labute approximate surface area is 252 Å². The molecule has 4 aromatic rings. The number of esters is 1. The van der Waals surface area contributed by atoms with Crippen LogP contribution in [0.4, 0.5) is 11.4 Å². The molecule has 2 amide bonds. The second-order valence-corrected chi connectivity index (χ2v) is 10.6. The molecule has 2 aliphatic rings. The molecule has 3 heterocycles. The number of nitrogens with zero attached hydrogens (tertiary/aromatic N) is 5. The molecule has 43 heavy (non-hydrogen) atoms. The molecule has 1 saturated heterocycles. The van der Waals surface area contributed by atoms with Crippen LogP contribution in [0.3, 0.4) is 0 Å². The Morgan fingerprint density at radius 3 is 2.16 bits per heavy atom. The Morgan fingerprint density at radius 2 is 1.51 bits per heavy atom. The first-order chi connectivity index (χ1) is 20.7. The van der Waals surface area contributed by atoms with Crippen molar-refractivity contribution in [3.8, 4) is 5.69 Å². The van der Waals surface area contributed by atoms with Crippen molar-refractivity contribution in [2.45, 2.75) is 26.8 Å². The van der Waals surface area contributed by atoms with Crippen molar-refractivity contribution in [2.75, 3.05) is 16.5 Å². The third kappa shape index (κ3) is 4.69. The molecular weight excluding hydrogens is 570 g/mol. The maximum atomic E-state index is 14.4. The zero-order valence-electron chi connectivity index (χ0n) is 23.5. The number of para-hydroxylation sites is 1. The maximum absolute atomic E-state index is 14.4. The van der Waals surface area contributed by atoms with E-state index in [0.717, 1.165) is 10.5 Å². The van der Waals surface area contributed by atoms with Crippen molar-refractivity contribution < 1.29 is 23.9 Å². The number of fused-ring (bicyclic) bond motifs is 1. The largest absolute Gasteiger partial charge is 0.461 e. The van der Waals surface area contributed by atoms with Gasteiger partial charge in [0.25, 0.3) is 5.91 Å². The fourth-order valence-electron chi connectivity index (χ4n) is 5.42. The van der Waals surface area contributed by atoms with E-state index in [1.807, 2.05) is 31.2 Å². The lowest BCUT2D eigenvalue weighted by atomic mass is 9.91. The normalized spacial score (nSPS) is 17.7. The van der Waals surface area contributed by atoms with Crippen molar-refractivity contribution in [1.29, 1.82) is 0 Å². The second-order valence-electron chi connectivity index (χ2n) is 10.2. The number of aryl methyl sites for hydroxylation is 1. The summed E-state index contributed by atoms with van der Waals surface area (Å²) < 4.78 is 6.73. The van der Waals surface area contributed by atoms with Crippen molar-refractivity contribution in [3.63, 3.8) is 0 Å². The topological polar surface area (TPSA) is 114 Å². The molecule has 1 fully saturated rings. The molecule has 10 nitrogen and oxygen atoms in total. The summed E-state index contributed by atoms with van der Waals surface area (Å²) in [5, 5.41) is 10.9. The van der Waals surface area contributed by atoms with Crippen molar-refractivity contribution in [3.05, 3.63) is 106 Å². The summed E-state index contributed by atoms with van der Waals surface area (Å²) in [4.78, 5) is 56.4. The molecule has 0 unspecified atom stereocenters. The SMILES string of the molecule is CCOC(=O)c1nn(-c2ccc(C)cc2)c(C)c1C(=O)C1=NN(c2ccc(Cl)cc2)[C@@H]2C(=O)N(c3ccccc3)C(=O)[C@H]12. The summed E-state index contributed by atoms with van der Waals surface area (Å²) in [6.07, 6.45) is 0. The highest BCUT2D eigenvalue weighted by Crippen LogP contribution is 2.39. The van der Waals surface area contributed by atoms with Crippen LogP contribution in [0.2, 0.25) is 5.02 Å². The molecule has 0 aliphatic carbocycles. The van der Waals surface area contributed by atoms with Gasteiger partial charge in [0, 0.05) is 5.02 Å². The summed E-state index contributed by atoms with van der Waals surface area (Å²) >= 11 is 6.10. The molecule has 0 spiro atoms. The van der Waals surface area contributed by atoms with E-state index in [-0.39, 0.29) is 23.6 Å². The molecule has 0 saturated carbocycles. The summed E-state index contributed by atoms with van der Waals surface area (Å²) in [5.41, 5.74) is 2.44. The highest BCUT2D eigenvalue weighted by Gasteiger charge is 2.59. The number of hydrazone groups is 1. The fraction of sp³-hybridized carbons (Fsp3) is 0.188. The van der Waals surface area contributed by atoms with Crippen LogP contribution in [-0.2, 0) is 14.3 Å². The average molecular weight is 596 g/mol. The third-order valence-electron chi connectivity index (χ3n) is 7.48. The Hall–Kier alpha value is -5.09.